The summed E-state index contributed by atoms with van der Waals surface area (Å²) in [4.78, 5) is 24.1. The first-order valence-corrected chi connectivity index (χ1v) is 12.3. The van der Waals surface area contributed by atoms with Crippen LogP contribution in [0.5, 0.6) is 5.88 Å². The van der Waals surface area contributed by atoms with Crippen LogP contribution >= 0.6 is 0 Å². The molecule has 11 heteroatoms. The van der Waals surface area contributed by atoms with E-state index >= 15 is 0 Å². The Morgan fingerprint density at radius 2 is 2.14 bits per heavy atom. The van der Waals surface area contributed by atoms with Gasteiger partial charge in [0.2, 0.25) is 11.8 Å². The highest BCUT2D eigenvalue weighted by atomic mass is 19.3. The van der Waals surface area contributed by atoms with Crippen LogP contribution in [0.4, 0.5) is 14.6 Å². The van der Waals surface area contributed by atoms with E-state index in [0.717, 1.165) is 35.2 Å². The zero-order valence-corrected chi connectivity index (χ0v) is 20.4. The molecule has 9 nitrogen and oxygen atoms in total. The number of hydrogen-bond acceptors (Lipinski definition) is 8. The maximum absolute atomic E-state index is 13.6. The van der Waals surface area contributed by atoms with Gasteiger partial charge in [-0.3, -0.25) is 10.1 Å². The number of carbonyl (C=O) groups excluding carboxylic acids is 1. The molecule has 2 aromatic rings. The number of carbonyl (C=O) groups is 1. The summed E-state index contributed by atoms with van der Waals surface area (Å²) in [5, 5.41) is 3.34. The standard InChI is InChI=1S/C25H31F2N5O4/c1-13-20(35-11-15-5-3-7-21(30-15)36-25(26)27)6-4-8-32(13)24(33)18-9-16-17-12-34-14(2)22(17)23(28)31-19(16)10-29-18/h3,5,7,13-14,18,20,25,29H,4,6,8-12H2,1-2H3,(H2,28,31)/t13-,14+,18+,20-/m0/s1. The molecule has 2 aromatic heterocycles. The van der Waals surface area contributed by atoms with Crippen LogP contribution in [-0.4, -0.2) is 52.1 Å². The number of anilines is 1. The molecule has 194 valence electrons. The van der Waals surface area contributed by atoms with E-state index in [1.807, 2.05) is 18.7 Å². The number of nitrogen functional groups attached to an aromatic ring is 1. The second kappa shape index (κ2) is 10.2. The Kier molecular flexibility index (Phi) is 7.05. The molecule has 0 saturated carbocycles. The highest BCUT2D eigenvalue weighted by Gasteiger charge is 2.38. The Morgan fingerprint density at radius 3 is 2.94 bits per heavy atom. The van der Waals surface area contributed by atoms with E-state index < -0.39 is 6.61 Å². The summed E-state index contributed by atoms with van der Waals surface area (Å²) in [6.07, 6.45) is 1.85. The summed E-state index contributed by atoms with van der Waals surface area (Å²) < 4.78 is 41.2. The third kappa shape index (κ3) is 4.87. The summed E-state index contributed by atoms with van der Waals surface area (Å²) in [5.41, 5.74) is 10.6. The average molecular weight is 504 g/mol. The number of ether oxygens (including phenoxy) is 3. The van der Waals surface area contributed by atoms with Gasteiger partial charge in [-0.05, 0) is 50.3 Å². The molecule has 0 aliphatic carbocycles. The van der Waals surface area contributed by atoms with E-state index in [-0.39, 0.29) is 42.7 Å². The minimum Gasteiger partial charge on any atom is -0.417 e. The minimum absolute atomic E-state index is 0.0319. The third-order valence-electron chi connectivity index (χ3n) is 7.31. The van der Waals surface area contributed by atoms with Crippen LogP contribution in [0.1, 0.15) is 60.9 Å². The highest BCUT2D eigenvalue weighted by molar-refractivity contribution is 5.83. The van der Waals surface area contributed by atoms with Crippen molar-refractivity contribution < 1.29 is 27.8 Å². The number of pyridine rings is 2. The lowest BCUT2D eigenvalue weighted by molar-refractivity contribution is -0.143. The number of nitrogens with two attached hydrogens (primary N) is 1. The van der Waals surface area contributed by atoms with Gasteiger partial charge >= 0.3 is 6.61 Å². The molecule has 36 heavy (non-hydrogen) atoms. The predicted octanol–water partition coefficient (Wildman–Crippen LogP) is 2.86. The zero-order chi connectivity index (χ0) is 25.4. The molecule has 5 rings (SSSR count). The SMILES string of the molecule is C[C@H]1OCc2c3c(nc(N)c21)CN[C@@H](C(=O)N1CCC[C@H](OCc2cccc(OC(F)F)n2)[C@@H]1C)C3. The van der Waals surface area contributed by atoms with Crippen molar-refractivity contribution in [2.75, 3.05) is 12.3 Å². The molecule has 4 atom stereocenters. The van der Waals surface area contributed by atoms with E-state index in [1.54, 1.807) is 12.1 Å². The van der Waals surface area contributed by atoms with Gasteiger partial charge in [-0.15, -0.1) is 0 Å². The molecule has 3 aliphatic heterocycles. The average Bonchev–Trinajstić information content (AvgIpc) is 3.25. The first-order valence-electron chi connectivity index (χ1n) is 12.3. The van der Waals surface area contributed by atoms with Crippen molar-refractivity contribution in [2.24, 2.45) is 0 Å². The smallest absolute Gasteiger partial charge is 0.388 e. The number of halogens is 2. The Morgan fingerprint density at radius 1 is 1.31 bits per heavy atom. The fourth-order valence-electron chi connectivity index (χ4n) is 5.46. The quantitative estimate of drug-likeness (QED) is 0.619. The van der Waals surface area contributed by atoms with Crippen molar-refractivity contribution in [1.29, 1.82) is 0 Å². The van der Waals surface area contributed by atoms with E-state index in [2.05, 4.69) is 20.0 Å². The highest BCUT2D eigenvalue weighted by Crippen LogP contribution is 2.38. The van der Waals surface area contributed by atoms with E-state index in [4.69, 9.17) is 15.2 Å². The molecule has 5 heterocycles. The van der Waals surface area contributed by atoms with Gasteiger partial charge in [0.05, 0.1) is 48.9 Å². The van der Waals surface area contributed by atoms with Gasteiger partial charge in [0.25, 0.3) is 0 Å². The first-order chi connectivity index (χ1) is 17.3. The fraction of sp³-hybridized carbons (Fsp3) is 0.560. The second-order valence-corrected chi connectivity index (χ2v) is 9.51. The number of nitrogens with zero attached hydrogens (tertiary/aromatic N) is 3. The topological polar surface area (TPSA) is 112 Å². The van der Waals surface area contributed by atoms with Crippen LogP contribution in [-0.2, 0) is 40.4 Å². The monoisotopic (exact) mass is 503 g/mol. The van der Waals surface area contributed by atoms with Crippen molar-refractivity contribution in [3.8, 4) is 5.88 Å². The number of piperidine rings is 1. The lowest BCUT2D eigenvalue weighted by Gasteiger charge is -2.41. The van der Waals surface area contributed by atoms with Gasteiger partial charge in [-0.1, -0.05) is 6.07 Å². The van der Waals surface area contributed by atoms with Gasteiger partial charge in [-0.2, -0.15) is 8.78 Å². The zero-order valence-electron chi connectivity index (χ0n) is 20.4. The lowest BCUT2D eigenvalue weighted by atomic mass is 9.90. The lowest BCUT2D eigenvalue weighted by Crippen LogP contribution is -2.57. The normalized spacial score (nSPS) is 25.5. The molecule has 3 aliphatic rings. The molecule has 0 radical (unpaired) electrons. The van der Waals surface area contributed by atoms with Crippen LogP contribution in [0.2, 0.25) is 0 Å². The van der Waals surface area contributed by atoms with Gasteiger partial charge in [0, 0.05) is 24.7 Å². The number of fused-ring (bicyclic) bond motifs is 3. The molecule has 1 saturated heterocycles. The van der Waals surface area contributed by atoms with Crippen molar-refractivity contribution in [2.45, 2.75) is 83.8 Å². The third-order valence-corrected chi connectivity index (χ3v) is 7.31. The number of hydrogen-bond donors (Lipinski definition) is 2. The molecule has 1 amide bonds. The number of nitrogens with one attached hydrogen (secondary N) is 1. The largest absolute Gasteiger partial charge is 0.417 e. The van der Waals surface area contributed by atoms with Gasteiger partial charge in [0.1, 0.15) is 5.82 Å². The number of amides is 1. The van der Waals surface area contributed by atoms with Crippen LogP contribution in [0.3, 0.4) is 0 Å². The summed E-state index contributed by atoms with van der Waals surface area (Å²) in [5.74, 6) is 0.390. The van der Waals surface area contributed by atoms with Gasteiger partial charge in [-0.25, -0.2) is 9.97 Å². The Labute approximate surface area is 208 Å². The molecular formula is C25H31F2N5O4. The molecule has 3 N–H and O–H groups in total. The second-order valence-electron chi connectivity index (χ2n) is 9.51. The Balaban J connectivity index is 1.24. The van der Waals surface area contributed by atoms with Crippen LogP contribution in [0.25, 0.3) is 0 Å². The maximum atomic E-state index is 13.6. The van der Waals surface area contributed by atoms with Crippen molar-refractivity contribution >= 4 is 11.7 Å². The summed E-state index contributed by atoms with van der Waals surface area (Å²) in [6.45, 7) is 2.77. The maximum Gasteiger partial charge on any atom is 0.388 e. The van der Waals surface area contributed by atoms with Crippen molar-refractivity contribution in [3.63, 3.8) is 0 Å². The number of alkyl halides is 2. The number of rotatable bonds is 6. The number of likely N-dealkylation sites (tertiary alicyclic amines) is 1. The molecule has 0 spiro atoms. The van der Waals surface area contributed by atoms with Gasteiger partial charge in [0.15, 0.2) is 0 Å². The Hall–Kier alpha value is -2.89. The summed E-state index contributed by atoms with van der Waals surface area (Å²) in [7, 11) is 0. The molecule has 1 fully saturated rings. The fourth-order valence-corrected chi connectivity index (χ4v) is 5.46. The van der Waals surface area contributed by atoms with Gasteiger partial charge < -0.3 is 24.8 Å². The molecule has 0 unspecified atom stereocenters. The van der Waals surface area contributed by atoms with E-state index in [1.165, 1.54) is 6.07 Å². The van der Waals surface area contributed by atoms with Crippen LogP contribution in [0.15, 0.2) is 18.2 Å². The predicted molar refractivity (Wildman–Crippen MR) is 126 cm³/mol. The molecule has 0 bridgehead atoms. The number of aromatic nitrogens is 2. The molecule has 0 aromatic carbocycles. The van der Waals surface area contributed by atoms with Crippen LogP contribution < -0.4 is 15.8 Å². The Bertz CT molecular complexity index is 1130. The minimum atomic E-state index is -2.93. The molecular weight excluding hydrogens is 472 g/mol. The summed E-state index contributed by atoms with van der Waals surface area (Å²) >= 11 is 0. The summed E-state index contributed by atoms with van der Waals surface area (Å²) in [6, 6.07) is 4.16. The van der Waals surface area contributed by atoms with Crippen molar-refractivity contribution in [1.82, 2.24) is 20.2 Å². The van der Waals surface area contributed by atoms with Crippen LogP contribution in [0, 0.1) is 0 Å². The van der Waals surface area contributed by atoms with Crippen molar-refractivity contribution in [3.05, 3.63) is 46.3 Å². The van der Waals surface area contributed by atoms with E-state index in [9.17, 15) is 13.6 Å². The van der Waals surface area contributed by atoms with E-state index in [0.29, 0.717) is 37.6 Å². The first kappa shape index (κ1) is 24.8.